The van der Waals surface area contributed by atoms with Crippen molar-refractivity contribution >= 4 is 14.0 Å². The van der Waals surface area contributed by atoms with E-state index in [9.17, 15) is 9.46 Å². The van der Waals surface area contributed by atoms with Gasteiger partial charge in [-0.2, -0.15) is 5.09 Å². The fraction of sp³-hybridized carbons (Fsp3) is 0.0909. The number of anilines is 1. The van der Waals surface area contributed by atoms with Gasteiger partial charge in [0.05, 0.1) is 11.3 Å². The van der Waals surface area contributed by atoms with Crippen molar-refractivity contribution in [2.45, 2.75) is 13.0 Å². The van der Waals surface area contributed by atoms with Gasteiger partial charge in [0.2, 0.25) is 0 Å². The van der Waals surface area contributed by atoms with Gasteiger partial charge in [-0.05, 0) is 40.0 Å². The molecule has 0 aliphatic heterocycles. The first-order valence-electron chi connectivity index (χ1n) is 9.25. The zero-order valence-corrected chi connectivity index (χ0v) is 16.8. The van der Waals surface area contributed by atoms with Crippen molar-refractivity contribution in [1.29, 1.82) is 0 Å². The van der Waals surface area contributed by atoms with E-state index in [1.165, 1.54) is 6.20 Å². The van der Waals surface area contributed by atoms with Crippen molar-refractivity contribution < 1.29 is 18.7 Å². The number of hydrogen-bond acceptors (Lipinski definition) is 6. The monoisotopic (exact) mass is 419 g/mol. The molecule has 7 nitrogen and oxygen atoms in total. The Kier molecular flexibility index (Phi) is 6.13. The summed E-state index contributed by atoms with van der Waals surface area (Å²) in [5.41, 5.74) is 3.42. The first-order valence-corrected chi connectivity index (χ1v) is 10.4. The Hall–Kier alpha value is -3.54. The van der Waals surface area contributed by atoms with Gasteiger partial charge in [0, 0.05) is 18.7 Å². The molecule has 2 aromatic heterocycles. The molecule has 0 bridgehead atoms. The Balaban J connectivity index is 1.41. The highest BCUT2D eigenvalue weighted by molar-refractivity contribution is 7.38. The topological polar surface area (TPSA) is 100 Å². The predicted octanol–water partition coefficient (Wildman–Crippen LogP) is 4.34. The van der Waals surface area contributed by atoms with Crippen LogP contribution in [0.15, 0.2) is 83.5 Å². The van der Waals surface area contributed by atoms with Crippen molar-refractivity contribution in [2.75, 3.05) is 5.09 Å². The van der Waals surface area contributed by atoms with E-state index in [-0.39, 0.29) is 5.82 Å². The molecular weight excluding hydrogens is 401 g/mol. The molecule has 1 unspecified atom stereocenters. The lowest BCUT2D eigenvalue weighted by molar-refractivity contribution is -0.162. The molecule has 1 N–H and O–H groups in total. The molecule has 0 fully saturated rings. The second kappa shape index (κ2) is 9.31. The van der Waals surface area contributed by atoms with Gasteiger partial charge in [0.15, 0.2) is 11.6 Å². The number of hydrogen-bond donors (Lipinski definition) is 1. The van der Waals surface area contributed by atoms with Crippen LogP contribution in [0.4, 0.5) is 5.82 Å². The van der Waals surface area contributed by atoms with Gasteiger partial charge in [-0.1, -0.05) is 47.6 Å². The van der Waals surface area contributed by atoms with Gasteiger partial charge in [-0.25, -0.2) is 4.98 Å². The molecule has 0 amide bonds. The highest BCUT2D eigenvalue weighted by Gasteiger charge is 2.15. The lowest BCUT2D eigenvalue weighted by atomic mass is 10.1. The van der Waals surface area contributed by atoms with Crippen LogP contribution in [0, 0.1) is 0 Å². The molecule has 0 spiro atoms. The van der Waals surface area contributed by atoms with E-state index in [2.05, 4.69) is 15.2 Å². The Morgan fingerprint density at radius 2 is 1.80 bits per heavy atom. The van der Waals surface area contributed by atoms with E-state index in [0.29, 0.717) is 24.4 Å². The molecule has 4 aromatic rings. The lowest BCUT2D eigenvalue weighted by Gasteiger charge is -2.07. The average Bonchev–Trinajstić information content (AvgIpc) is 3.22. The number of rotatable bonds is 8. The van der Waals surface area contributed by atoms with Crippen molar-refractivity contribution in [2.24, 2.45) is 0 Å². The van der Waals surface area contributed by atoms with E-state index < -0.39 is 8.18 Å². The van der Waals surface area contributed by atoms with Gasteiger partial charge < -0.3 is 14.2 Å². The van der Waals surface area contributed by atoms with Crippen LogP contribution in [0.1, 0.15) is 16.8 Å². The number of ether oxygens (including phenoxy) is 1. The molecule has 0 radical (unpaired) electrons. The summed E-state index contributed by atoms with van der Waals surface area (Å²) in [5, 5.41) is 6.40. The second-order valence-corrected chi connectivity index (χ2v) is 7.28. The number of pyridine rings is 1. The van der Waals surface area contributed by atoms with Crippen LogP contribution < -0.4 is 14.7 Å². The molecule has 4 rings (SSSR count). The maximum Gasteiger partial charge on any atom is 0.439 e. The minimum absolute atomic E-state index is 0.205. The van der Waals surface area contributed by atoms with Crippen LogP contribution in [0.5, 0.6) is 5.75 Å². The molecule has 150 valence electrons. The highest BCUT2D eigenvalue weighted by atomic mass is 31.1. The summed E-state index contributed by atoms with van der Waals surface area (Å²) in [4.78, 5) is 15.0. The quantitative estimate of drug-likeness (QED) is 0.424. The van der Waals surface area contributed by atoms with E-state index in [1.54, 1.807) is 18.2 Å². The number of benzene rings is 2. The summed E-state index contributed by atoms with van der Waals surface area (Å²) in [6.45, 7) is 0.517. The summed E-state index contributed by atoms with van der Waals surface area (Å²) in [6.07, 6.45) is 2.07. The first-order chi connectivity index (χ1) is 14.7. The number of nitrogens with zero attached hydrogens (tertiary/aromatic N) is 2. The molecule has 0 saturated carbocycles. The average molecular weight is 419 g/mol. The summed E-state index contributed by atoms with van der Waals surface area (Å²) < 4.78 is 22.2. The normalized spacial score (nSPS) is 11.2. The van der Waals surface area contributed by atoms with Gasteiger partial charge >= 0.3 is 8.18 Å². The van der Waals surface area contributed by atoms with Gasteiger partial charge in [0.25, 0.3) is 0 Å². The summed E-state index contributed by atoms with van der Waals surface area (Å²) in [6, 6.07) is 23.0. The summed E-state index contributed by atoms with van der Waals surface area (Å²) >= 11 is 0. The maximum absolute atomic E-state index is 11.0. The van der Waals surface area contributed by atoms with Gasteiger partial charge in [-0.3, -0.25) is 0 Å². The predicted molar refractivity (Wildman–Crippen MR) is 111 cm³/mol. The van der Waals surface area contributed by atoms with Crippen molar-refractivity contribution in [3.63, 3.8) is 0 Å². The van der Waals surface area contributed by atoms with Crippen LogP contribution in [0.25, 0.3) is 11.3 Å². The fourth-order valence-corrected chi connectivity index (χ4v) is 3.31. The third-order valence-electron chi connectivity index (χ3n) is 4.39. The molecule has 0 aliphatic carbocycles. The van der Waals surface area contributed by atoms with E-state index in [0.717, 1.165) is 22.6 Å². The summed E-state index contributed by atoms with van der Waals surface area (Å²) in [5.74, 6) is 1.44. The Labute approximate surface area is 174 Å². The van der Waals surface area contributed by atoms with Crippen molar-refractivity contribution in [3.8, 4) is 17.1 Å². The molecule has 2 heterocycles. The van der Waals surface area contributed by atoms with Crippen LogP contribution in [0.3, 0.4) is 0 Å². The third kappa shape index (κ3) is 5.08. The second-order valence-electron chi connectivity index (χ2n) is 6.55. The molecule has 0 aliphatic rings. The molecule has 0 saturated heterocycles. The molecule has 1 atom stereocenters. The zero-order valence-electron chi connectivity index (χ0n) is 15.9. The largest absolute Gasteiger partial charge is 0.573 e. The maximum atomic E-state index is 11.0. The van der Waals surface area contributed by atoms with Gasteiger partial charge in [-0.15, -0.1) is 0 Å². The standard InChI is InChI=1S/C22H18N3O4P/c26-30(27)25-22-20(7-4-12-23-22)21-14-18(24-29-21)13-16-8-10-19(11-9-16)28-15-17-5-2-1-3-6-17/h1-12,14H,13,15H2,(H,23,25,26,27). The van der Waals surface area contributed by atoms with E-state index in [4.69, 9.17) is 9.26 Å². The van der Waals surface area contributed by atoms with Crippen molar-refractivity contribution in [3.05, 3.63) is 95.8 Å². The minimum Gasteiger partial charge on any atom is -0.573 e. The molecular formula is C22H18N3O4P. The number of nitrogens with one attached hydrogen (secondary N) is 1. The Bertz CT molecular complexity index is 1130. The lowest BCUT2D eigenvalue weighted by Crippen LogP contribution is -1.99. The van der Waals surface area contributed by atoms with Crippen LogP contribution >= 0.6 is 8.18 Å². The minimum atomic E-state index is -2.82. The Morgan fingerprint density at radius 1 is 1.00 bits per heavy atom. The fourth-order valence-electron chi connectivity index (χ4n) is 2.96. The first kappa shape index (κ1) is 19.8. The van der Waals surface area contributed by atoms with Crippen molar-refractivity contribution in [1.82, 2.24) is 10.1 Å². The van der Waals surface area contributed by atoms with Crippen LogP contribution in [0.2, 0.25) is 0 Å². The number of aromatic nitrogens is 2. The zero-order chi connectivity index (χ0) is 20.8. The van der Waals surface area contributed by atoms with Crippen LogP contribution in [-0.4, -0.2) is 10.1 Å². The smallest absolute Gasteiger partial charge is 0.439 e. The Morgan fingerprint density at radius 3 is 2.57 bits per heavy atom. The van der Waals surface area contributed by atoms with E-state index >= 15 is 0 Å². The SMILES string of the molecule is O=[P+]([O-])Nc1ncccc1-c1cc(Cc2ccc(OCc3ccccc3)cc2)no1. The van der Waals surface area contributed by atoms with Crippen LogP contribution in [-0.2, 0) is 17.6 Å². The van der Waals surface area contributed by atoms with E-state index in [1.807, 2.05) is 54.6 Å². The summed E-state index contributed by atoms with van der Waals surface area (Å²) in [7, 11) is -2.82. The molecule has 8 heteroatoms. The van der Waals surface area contributed by atoms with Gasteiger partial charge in [0.1, 0.15) is 12.4 Å². The molecule has 30 heavy (non-hydrogen) atoms. The highest BCUT2D eigenvalue weighted by Crippen LogP contribution is 2.30. The third-order valence-corrected chi connectivity index (χ3v) is 4.78. The molecule has 2 aromatic carbocycles.